The summed E-state index contributed by atoms with van der Waals surface area (Å²) in [4.78, 5) is 23.2. The number of hydrogen-bond donors (Lipinski definition) is 2. The molecule has 0 atom stereocenters. The number of aromatic hydroxyl groups is 1. The van der Waals surface area contributed by atoms with Crippen LogP contribution in [0.1, 0.15) is 15.9 Å². The number of para-hydroxylation sites is 1. The molecule has 142 valence electrons. The van der Waals surface area contributed by atoms with Gasteiger partial charge in [-0.3, -0.25) is 4.79 Å². The van der Waals surface area contributed by atoms with Gasteiger partial charge in [0.1, 0.15) is 5.75 Å². The Bertz CT molecular complexity index is 869. The molecule has 0 aromatic heterocycles. The van der Waals surface area contributed by atoms with Gasteiger partial charge in [-0.2, -0.15) is 5.10 Å². The fraction of sp³-hybridized carbons (Fsp3) is 0.167. The third kappa shape index (κ3) is 5.35. The number of phenols is 1. The predicted octanol–water partition coefficient (Wildman–Crippen LogP) is 2.37. The van der Waals surface area contributed by atoms with Gasteiger partial charge in [0.25, 0.3) is 5.91 Å². The zero-order valence-corrected chi connectivity index (χ0v) is 15.3. The summed E-state index contributed by atoms with van der Waals surface area (Å²) in [5.41, 5.74) is 2.91. The summed E-state index contributed by atoms with van der Waals surface area (Å²) in [5.74, 6) is -0.826. The third-order valence-corrected chi connectivity index (χ3v) is 3.62. The summed E-state index contributed by atoms with van der Waals surface area (Å²) in [6, 6.07) is 9.17. The number of methoxy groups -OCH3 is 2. The van der Waals surface area contributed by atoms with E-state index in [9.17, 15) is 14.7 Å². The zero-order chi connectivity index (χ0) is 19.8. The summed E-state index contributed by atoms with van der Waals surface area (Å²) < 4.78 is 15.0. The van der Waals surface area contributed by atoms with Gasteiger partial charge in [0, 0.05) is 0 Å². The van der Waals surface area contributed by atoms with E-state index in [4.69, 9.17) is 21.1 Å². The van der Waals surface area contributed by atoms with Crippen LogP contribution in [0, 0.1) is 0 Å². The second-order valence-corrected chi connectivity index (χ2v) is 5.52. The molecule has 2 N–H and O–H groups in total. The molecule has 2 aromatic rings. The first-order chi connectivity index (χ1) is 13.0. The second-order valence-electron chi connectivity index (χ2n) is 5.12. The number of hydrazone groups is 1. The molecule has 0 heterocycles. The van der Waals surface area contributed by atoms with Crippen molar-refractivity contribution in [3.05, 3.63) is 52.5 Å². The van der Waals surface area contributed by atoms with Crippen molar-refractivity contribution in [2.75, 3.05) is 20.8 Å². The maximum atomic E-state index is 12.0. The Morgan fingerprint density at radius 2 is 2.00 bits per heavy atom. The number of ether oxygens (including phenoxy) is 3. The Morgan fingerprint density at radius 3 is 2.67 bits per heavy atom. The lowest BCUT2D eigenvalue weighted by molar-refractivity contribution is -0.142. The molecule has 0 aliphatic rings. The molecule has 0 bridgehead atoms. The van der Waals surface area contributed by atoms with E-state index >= 15 is 0 Å². The number of amides is 1. The average molecular weight is 393 g/mol. The molecule has 0 fully saturated rings. The number of benzene rings is 2. The van der Waals surface area contributed by atoms with Crippen molar-refractivity contribution in [3.8, 4) is 17.2 Å². The van der Waals surface area contributed by atoms with E-state index in [2.05, 4.69) is 15.3 Å². The van der Waals surface area contributed by atoms with E-state index in [0.29, 0.717) is 5.56 Å². The van der Waals surface area contributed by atoms with Gasteiger partial charge in [-0.05, 0) is 29.8 Å². The number of carbonyl (C=O) groups is 2. The van der Waals surface area contributed by atoms with Crippen LogP contribution >= 0.6 is 11.6 Å². The SMILES string of the molecule is COC(=O)COc1c(Cl)cc(/C=N/NC(=O)c2ccccc2O)cc1OC. The smallest absolute Gasteiger partial charge is 0.343 e. The molecule has 8 nitrogen and oxygen atoms in total. The van der Waals surface area contributed by atoms with Gasteiger partial charge in [-0.15, -0.1) is 0 Å². The van der Waals surface area contributed by atoms with E-state index in [-0.39, 0.29) is 34.4 Å². The first-order valence-electron chi connectivity index (χ1n) is 7.64. The molecule has 0 spiro atoms. The van der Waals surface area contributed by atoms with Crippen molar-refractivity contribution in [2.24, 2.45) is 5.10 Å². The Kier molecular flexibility index (Phi) is 7.01. The molecule has 0 aliphatic heterocycles. The summed E-state index contributed by atoms with van der Waals surface area (Å²) in [7, 11) is 2.66. The van der Waals surface area contributed by atoms with Gasteiger partial charge in [-0.25, -0.2) is 10.2 Å². The summed E-state index contributed by atoms with van der Waals surface area (Å²) in [5, 5.41) is 13.7. The quantitative estimate of drug-likeness (QED) is 0.425. The molecule has 2 aromatic carbocycles. The molecule has 0 unspecified atom stereocenters. The maximum absolute atomic E-state index is 12.0. The normalized spacial score (nSPS) is 10.5. The van der Waals surface area contributed by atoms with Crippen LogP contribution in [0.2, 0.25) is 5.02 Å². The monoisotopic (exact) mass is 392 g/mol. The van der Waals surface area contributed by atoms with Crippen LogP contribution in [0.25, 0.3) is 0 Å². The number of hydrogen-bond acceptors (Lipinski definition) is 7. The van der Waals surface area contributed by atoms with Crippen molar-refractivity contribution in [3.63, 3.8) is 0 Å². The lowest BCUT2D eigenvalue weighted by atomic mass is 10.2. The Hall–Kier alpha value is -3.26. The van der Waals surface area contributed by atoms with Crippen LogP contribution < -0.4 is 14.9 Å². The molecule has 0 saturated heterocycles. The topological polar surface area (TPSA) is 106 Å². The molecule has 9 heteroatoms. The van der Waals surface area contributed by atoms with E-state index in [1.807, 2.05) is 0 Å². The van der Waals surface area contributed by atoms with Gasteiger partial charge < -0.3 is 19.3 Å². The van der Waals surface area contributed by atoms with E-state index in [1.54, 1.807) is 18.2 Å². The highest BCUT2D eigenvalue weighted by molar-refractivity contribution is 6.32. The van der Waals surface area contributed by atoms with Gasteiger partial charge in [0.2, 0.25) is 0 Å². The fourth-order valence-corrected chi connectivity index (χ4v) is 2.31. The Morgan fingerprint density at radius 1 is 1.26 bits per heavy atom. The minimum absolute atomic E-state index is 0.0943. The number of phenolic OH excluding ortho intramolecular Hbond substituents is 1. The lowest BCUT2D eigenvalue weighted by Crippen LogP contribution is -2.17. The summed E-state index contributed by atoms with van der Waals surface area (Å²) in [6.45, 7) is -0.323. The summed E-state index contributed by atoms with van der Waals surface area (Å²) >= 11 is 6.16. The molecule has 0 radical (unpaired) electrons. The molecule has 2 rings (SSSR count). The lowest BCUT2D eigenvalue weighted by Gasteiger charge is -2.12. The van der Waals surface area contributed by atoms with Gasteiger partial charge in [0.15, 0.2) is 18.1 Å². The standard InChI is InChI=1S/C18H17ClN2O6/c1-25-15-8-11(7-13(19)17(15)27-10-16(23)26-2)9-20-21-18(24)12-5-3-4-6-14(12)22/h3-9,22H,10H2,1-2H3,(H,21,24)/b20-9+. The molecule has 0 aliphatic carbocycles. The fourth-order valence-electron chi connectivity index (χ4n) is 2.04. The van der Waals surface area contributed by atoms with Crippen molar-refractivity contribution in [1.29, 1.82) is 0 Å². The third-order valence-electron chi connectivity index (χ3n) is 3.34. The number of rotatable bonds is 7. The van der Waals surface area contributed by atoms with Crippen LogP contribution in [0.5, 0.6) is 17.2 Å². The van der Waals surface area contributed by atoms with E-state index in [0.717, 1.165) is 0 Å². The summed E-state index contributed by atoms with van der Waals surface area (Å²) in [6.07, 6.45) is 1.34. The van der Waals surface area contributed by atoms with Crippen molar-refractivity contribution in [2.45, 2.75) is 0 Å². The van der Waals surface area contributed by atoms with Crippen molar-refractivity contribution in [1.82, 2.24) is 5.43 Å². The number of esters is 1. The van der Waals surface area contributed by atoms with Gasteiger partial charge in [0.05, 0.1) is 31.0 Å². The molecule has 27 heavy (non-hydrogen) atoms. The van der Waals surface area contributed by atoms with Gasteiger partial charge >= 0.3 is 5.97 Å². The second kappa shape index (κ2) is 9.44. The highest BCUT2D eigenvalue weighted by Crippen LogP contribution is 2.36. The van der Waals surface area contributed by atoms with E-state index in [1.165, 1.54) is 38.6 Å². The molecular weight excluding hydrogens is 376 g/mol. The number of nitrogens with zero attached hydrogens (tertiary/aromatic N) is 1. The van der Waals surface area contributed by atoms with Crippen LogP contribution in [0.3, 0.4) is 0 Å². The highest BCUT2D eigenvalue weighted by atomic mass is 35.5. The number of carbonyl (C=O) groups excluding carboxylic acids is 2. The minimum atomic E-state index is -0.569. The molecular formula is C18H17ClN2O6. The highest BCUT2D eigenvalue weighted by Gasteiger charge is 2.14. The van der Waals surface area contributed by atoms with Crippen LogP contribution in [0.4, 0.5) is 0 Å². The largest absolute Gasteiger partial charge is 0.507 e. The minimum Gasteiger partial charge on any atom is -0.507 e. The van der Waals surface area contributed by atoms with Gasteiger partial charge in [-0.1, -0.05) is 23.7 Å². The van der Waals surface area contributed by atoms with Crippen molar-refractivity contribution >= 4 is 29.7 Å². The van der Waals surface area contributed by atoms with Crippen molar-refractivity contribution < 1.29 is 28.9 Å². The van der Waals surface area contributed by atoms with Crippen LogP contribution in [-0.4, -0.2) is 44.0 Å². The zero-order valence-electron chi connectivity index (χ0n) is 14.6. The number of nitrogens with one attached hydrogen (secondary N) is 1. The van der Waals surface area contributed by atoms with E-state index < -0.39 is 11.9 Å². The van der Waals surface area contributed by atoms with Crippen LogP contribution in [-0.2, 0) is 9.53 Å². The number of halogens is 1. The average Bonchev–Trinajstić information content (AvgIpc) is 2.66. The Labute approximate surface area is 160 Å². The first-order valence-corrected chi connectivity index (χ1v) is 8.02. The predicted molar refractivity (Wildman–Crippen MR) is 98.7 cm³/mol. The first kappa shape index (κ1) is 20.1. The molecule has 0 saturated carbocycles. The molecule has 1 amide bonds. The van der Waals surface area contributed by atoms with Crippen LogP contribution in [0.15, 0.2) is 41.5 Å². The maximum Gasteiger partial charge on any atom is 0.343 e. The Balaban J connectivity index is 2.11.